The van der Waals surface area contributed by atoms with Crippen molar-refractivity contribution in [2.24, 2.45) is 0 Å². The van der Waals surface area contributed by atoms with Gasteiger partial charge in [-0.2, -0.15) is 0 Å². The van der Waals surface area contributed by atoms with Crippen molar-refractivity contribution in [3.63, 3.8) is 0 Å². The number of aliphatic hydroxyl groups excluding tert-OH is 1. The largest absolute Gasteiger partial charge is 0.489 e. The van der Waals surface area contributed by atoms with Gasteiger partial charge in [-0.05, 0) is 18.2 Å². The van der Waals surface area contributed by atoms with E-state index >= 15 is 0 Å². The lowest BCUT2D eigenvalue weighted by Crippen LogP contribution is -2.17. The van der Waals surface area contributed by atoms with Crippen molar-refractivity contribution in [2.45, 2.75) is 6.42 Å². The number of nitrogens with two attached hydrogens (primary N) is 1. The maximum atomic E-state index is 14.2. The van der Waals surface area contributed by atoms with Gasteiger partial charge in [0.1, 0.15) is 19.0 Å². The highest BCUT2D eigenvalue weighted by Gasteiger charge is 2.24. The molecule has 0 fully saturated rings. The molecule has 0 saturated heterocycles. The third kappa shape index (κ3) is 3.46. The molecule has 2 aromatic carbocycles. The zero-order valence-electron chi connectivity index (χ0n) is 15.0. The molecule has 146 valence electrons. The van der Waals surface area contributed by atoms with Crippen LogP contribution >= 0.6 is 0 Å². The maximum absolute atomic E-state index is 14.2. The summed E-state index contributed by atoms with van der Waals surface area (Å²) in [6, 6.07) is 7.56. The zero-order valence-corrected chi connectivity index (χ0v) is 15.0. The van der Waals surface area contributed by atoms with E-state index in [-0.39, 0.29) is 12.4 Å². The van der Waals surface area contributed by atoms with Gasteiger partial charge in [0.15, 0.2) is 23.1 Å². The van der Waals surface area contributed by atoms with Crippen LogP contribution in [0.2, 0.25) is 0 Å². The summed E-state index contributed by atoms with van der Waals surface area (Å²) in [6.45, 7) is 1.08. The summed E-state index contributed by atoms with van der Waals surface area (Å²) in [4.78, 5) is 4.36. The highest BCUT2D eigenvalue weighted by atomic mass is 19.1. The standard InChI is InChI=1S/C20H19FN2O5/c21-13-10-12(22)2-3-15(13)28-16-4-5-23-14-11-17(25-7-1-6-24)19-20(18(14)16)27-9-8-26-19/h2-5,10-11,24H,1,6-9,22H2. The van der Waals surface area contributed by atoms with Crippen molar-refractivity contribution in [2.75, 3.05) is 32.2 Å². The highest BCUT2D eigenvalue weighted by Crippen LogP contribution is 2.48. The van der Waals surface area contributed by atoms with Crippen molar-refractivity contribution < 1.29 is 28.4 Å². The monoisotopic (exact) mass is 386 g/mol. The van der Waals surface area contributed by atoms with Gasteiger partial charge in [0.25, 0.3) is 0 Å². The minimum absolute atomic E-state index is 0.0243. The topological polar surface area (TPSA) is 96.1 Å². The Hall–Kier alpha value is -3.26. The van der Waals surface area contributed by atoms with E-state index in [9.17, 15) is 4.39 Å². The Balaban J connectivity index is 1.80. The lowest BCUT2D eigenvalue weighted by Gasteiger charge is -2.23. The van der Waals surface area contributed by atoms with Gasteiger partial charge in [-0.25, -0.2) is 4.39 Å². The summed E-state index contributed by atoms with van der Waals surface area (Å²) in [5.74, 6) is 1.18. The molecule has 0 amide bonds. The fourth-order valence-corrected chi connectivity index (χ4v) is 2.93. The molecule has 0 unspecified atom stereocenters. The van der Waals surface area contributed by atoms with Crippen molar-refractivity contribution >= 4 is 16.6 Å². The molecule has 28 heavy (non-hydrogen) atoms. The molecule has 0 saturated carbocycles. The van der Waals surface area contributed by atoms with Crippen LogP contribution in [-0.2, 0) is 0 Å². The molecule has 1 aromatic heterocycles. The molecule has 0 aliphatic carbocycles. The number of benzene rings is 2. The molecule has 2 heterocycles. The quantitative estimate of drug-likeness (QED) is 0.496. The molecule has 0 radical (unpaired) electrons. The molecule has 8 heteroatoms. The van der Waals surface area contributed by atoms with Gasteiger partial charge in [0.05, 0.1) is 17.5 Å². The number of nitrogens with zero attached hydrogens (tertiary/aromatic N) is 1. The molecular weight excluding hydrogens is 367 g/mol. The highest BCUT2D eigenvalue weighted by molar-refractivity contribution is 5.95. The van der Waals surface area contributed by atoms with Crippen molar-refractivity contribution in [1.29, 1.82) is 0 Å². The van der Waals surface area contributed by atoms with E-state index in [1.54, 1.807) is 24.4 Å². The van der Waals surface area contributed by atoms with Gasteiger partial charge in [0, 0.05) is 37.0 Å². The summed E-state index contributed by atoms with van der Waals surface area (Å²) in [6.07, 6.45) is 2.04. The van der Waals surface area contributed by atoms with Crippen LogP contribution in [0.3, 0.4) is 0 Å². The Kier molecular flexibility index (Phi) is 5.03. The summed E-state index contributed by atoms with van der Waals surface area (Å²) in [5, 5.41) is 9.53. The number of halogens is 1. The van der Waals surface area contributed by atoms with Crippen molar-refractivity contribution in [3.8, 4) is 28.7 Å². The van der Waals surface area contributed by atoms with Crippen LogP contribution in [0.1, 0.15) is 6.42 Å². The number of aliphatic hydroxyl groups is 1. The van der Waals surface area contributed by atoms with Crippen LogP contribution in [0.4, 0.5) is 10.1 Å². The fourth-order valence-electron chi connectivity index (χ4n) is 2.93. The molecule has 0 spiro atoms. The second-order valence-electron chi connectivity index (χ2n) is 6.15. The molecule has 7 nitrogen and oxygen atoms in total. The lowest BCUT2D eigenvalue weighted by molar-refractivity contribution is 0.161. The molecule has 4 rings (SSSR count). The number of hydrogen-bond donors (Lipinski definition) is 2. The smallest absolute Gasteiger partial charge is 0.204 e. The number of aromatic nitrogens is 1. The number of hydrogen-bond acceptors (Lipinski definition) is 7. The van der Waals surface area contributed by atoms with Gasteiger partial charge in [-0.1, -0.05) is 0 Å². The first-order chi connectivity index (χ1) is 13.7. The normalized spacial score (nSPS) is 12.8. The number of rotatable bonds is 6. The summed E-state index contributed by atoms with van der Waals surface area (Å²) in [7, 11) is 0. The first-order valence-corrected chi connectivity index (χ1v) is 8.85. The second-order valence-corrected chi connectivity index (χ2v) is 6.15. The summed E-state index contributed by atoms with van der Waals surface area (Å²) in [5.41, 5.74) is 6.46. The summed E-state index contributed by atoms with van der Waals surface area (Å²) >= 11 is 0. The van der Waals surface area contributed by atoms with Crippen molar-refractivity contribution in [1.82, 2.24) is 4.98 Å². The Morgan fingerprint density at radius 2 is 1.89 bits per heavy atom. The van der Waals surface area contributed by atoms with E-state index in [1.807, 2.05) is 0 Å². The van der Waals surface area contributed by atoms with Crippen LogP contribution < -0.4 is 24.7 Å². The maximum Gasteiger partial charge on any atom is 0.204 e. The third-order valence-corrected chi connectivity index (χ3v) is 4.18. The van der Waals surface area contributed by atoms with Crippen LogP contribution in [0.15, 0.2) is 36.5 Å². The molecule has 1 aliphatic heterocycles. The van der Waals surface area contributed by atoms with Gasteiger partial charge in [0.2, 0.25) is 5.75 Å². The zero-order chi connectivity index (χ0) is 19.5. The van der Waals surface area contributed by atoms with Gasteiger partial charge in [-0.3, -0.25) is 4.98 Å². The number of pyridine rings is 1. The van der Waals surface area contributed by atoms with E-state index in [0.717, 1.165) is 0 Å². The Morgan fingerprint density at radius 3 is 2.68 bits per heavy atom. The molecule has 0 bridgehead atoms. The number of fused-ring (bicyclic) bond motifs is 3. The van der Waals surface area contributed by atoms with Crippen LogP contribution in [0.5, 0.6) is 28.7 Å². The average molecular weight is 386 g/mol. The predicted octanol–water partition coefficient (Wildman–Crippen LogP) is 3.28. The minimum Gasteiger partial charge on any atom is -0.489 e. The Bertz CT molecular complexity index is 1010. The van der Waals surface area contributed by atoms with Crippen LogP contribution in [0, 0.1) is 5.82 Å². The Morgan fingerprint density at radius 1 is 1.07 bits per heavy atom. The average Bonchev–Trinajstić information content (AvgIpc) is 2.70. The number of anilines is 1. The van der Waals surface area contributed by atoms with Gasteiger partial charge in [-0.15, -0.1) is 0 Å². The predicted molar refractivity (Wildman–Crippen MR) is 101 cm³/mol. The van der Waals surface area contributed by atoms with Gasteiger partial charge < -0.3 is 29.8 Å². The molecule has 1 aliphatic rings. The second kappa shape index (κ2) is 7.77. The first kappa shape index (κ1) is 18.1. The summed E-state index contributed by atoms with van der Waals surface area (Å²) < 4.78 is 37.3. The molecular formula is C20H19FN2O5. The lowest BCUT2D eigenvalue weighted by atomic mass is 10.1. The molecule has 3 aromatic rings. The van der Waals surface area contributed by atoms with E-state index in [2.05, 4.69) is 4.98 Å². The van der Waals surface area contributed by atoms with E-state index in [1.165, 1.54) is 12.1 Å². The third-order valence-electron chi connectivity index (χ3n) is 4.18. The van der Waals surface area contributed by atoms with Crippen LogP contribution in [-0.4, -0.2) is 36.5 Å². The van der Waals surface area contributed by atoms with E-state index < -0.39 is 5.82 Å². The SMILES string of the molecule is Nc1ccc(Oc2ccnc3cc(OCCCO)c4c(c23)OCCO4)c(F)c1. The van der Waals surface area contributed by atoms with E-state index in [0.29, 0.717) is 65.8 Å². The van der Waals surface area contributed by atoms with Gasteiger partial charge >= 0.3 is 0 Å². The molecule has 0 atom stereocenters. The minimum atomic E-state index is -0.569. The first-order valence-electron chi connectivity index (χ1n) is 8.85. The van der Waals surface area contributed by atoms with E-state index in [4.69, 9.17) is 29.8 Å². The molecule has 3 N–H and O–H groups in total. The van der Waals surface area contributed by atoms with Crippen molar-refractivity contribution in [3.05, 3.63) is 42.3 Å². The Labute approximate surface area is 160 Å². The number of ether oxygens (including phenoxy) is 4. The number of nitrogen functional groups attached to an aromatic ring is 1. The van der Waals surface area contributed by atoms with Crippen LogP contribution in [0.25, 0.3) is 10.9 Å². The fraction of sp³-hybridized carbons (Fsp3) is 0.250.